The molecule has 0 aliphatic rings. The van der Waals surface area contributed by atoms with Crippen molar-refractivity contribution in [1.82, 2.24) is 15.0 Å². The molecule has 0 aliphatic carbocycles. The molecule has 0 saturated carbocycles. The summed E-state index contributed by atoms with van der Waals surface area (Å²) >= 11 is 0. The summed E-state index contributed by atoms with van der Waals surface area (Å²) in [6.45, 7) is 0. The molecule has 0 atom stereocenters. The number of hydrogen-bond acceptors (Lipinski definition) is 6. The highest BCUT2D eigenvalue weighted by atomic mass is 32.2. The lowest BCUT2D eigenvalue weighted by molar-refractivity contribution is -0.141. The van der Waals surface area contributed by atoms with Crippen LogP contribution < -0.4 is 4.74 Å². The molecule has 6 nitrogen and oxygen atoms in total. The summed E-state index contributed by atoms with van der Waals surface area (Å²) in [5.74, 6) is -0.609. The molecule has 0 saturated heterocycles. The van der Waals surface area contributed by atoms with Crippen molar-refractivity contribution in [2.45, 2.75) is 17.0 Å². The van der Waals surface area contributed by atoms with Gasteiger partial charge in [0, 0.05) is 29.6 Å². The Labute approximate surface area is 159 Å². The van der Waals surface area contributed by atoms with Crippen LogP contribution in [0.1, 0.15) is 11.3 Å². The van der Waals surface area contributed by atoms with Gasteiger partial charge in [-0.15, -0.1) is 0 Å². The second-order valence-electron chi connectivity index (χ2n) is 5.72. The Hall–Kier alpha value is -3.01. The van der Waals surface area contributed by atoms with Gasteiger partial charge in [0.2, 0.25) is 0 Å². The van der Waals surface area contributed by atoms with Crippen molar-refractivity contribution in [3.63, 3.8) is 0 Å². The largest absolute Gasteiger partial charge is 0.496 e. The zero-order valence-corrected chi connectivity index (χ0v) is 15.3. The van der Waals surface area contributed by atoms with E-state index in [0.717, 1.165) is 0 Å². The first-order valence-electron chi connectivity index (χ1n) is 7.92. The summed E-state index contributed by atoms with van der Waals surface area (Å²) in [5, 5.41) is -0.715. The predicted molar refractivity (Wildman–Crippen MR) is 94.1 cm³/mol. The fourth-order valence-corrected chi connectivity index (χ4v) is 3.77. The molecule has 3 rings (SSSR count). The van der Waals surface area contributed by atoms with Crippen molar-refractivity contribution < 1.29 is 26.3 Å². The van der Waals surface area contributed by atoms with E-state index in [1.54, 1.807) is 18.2 Å². The number of aromatic nitrogens is 3. The molecule has 10 heteroatoms. The van der Waals surface area contributed by atoms with Crippen molar-refractivity contribution in [3.05, 3.63) is 66.1 Å². The number of rotatable bonds is 5. The molecular weight excluding hydrogens is 395 g/mol. The Bertz CT molecular complexity index is 1090. The number of para-hydroxylation sites is 1. The minimum absolute atomic E-state index is 0.217. The smallest absolute Gasteiger partial charge is 0.433 e. The molecule has 146 valence electrons. The van der Waals surface area contributed by atoms with Crippen LogP contribution in [-0.4, -0.2) is 30.5 Å². The lowest BCUT2D eigenvalue weighted by Crippen LogP contribution is -2.15. The van der Waals surface area contributed by atoms with E-state index >= 15 is 0 Å². The van der Waals surface area contributed by atoms with Gasteiger partial charge in [0.1, 0.15) is 11.4 Å². The number of benzene rings is 1. The summed E-state index contributed by atoms with van der Waals surface area (Å²) in [4.78, 5) is 11.1. The summed E-state index contributed by atoms with van der Waals surface area (Å²) in [6, 6.07) is 9.58. The van der Waals surface area contributed by atoms with Crippen LogP contribution in [0.5, 0.6) is 5.75 Å². The number of alkyl halides is 3. The molecule has 2 heterocycles. The first kappa shape index (κ1) is 19.7. The molecule has 2 aromatic heterocycles. The summed E-state index contributed by atoms with van der Waals surface area (Å²) < 4.78 is 70.6. The number of halogens is 3. The van der Waals surface area contributed by atoms with Crippen LogP contribution >= 0.6 is 0 Å². The number of ether oxygens (including phenoxy) is 1. The quantitative estimate of drug-likeness (QED) is 0.600. The normalized spacial score (nSPS) is 12.0. The van der Waals surface area contributed by atoms with Crippen LogP contribution in [0.3, 0.4) is 0 Å². The Balaban J connectivity index is 2.12. The maximum Gasteiger partial charge on any atom is 0.433 e. The highest BCUT2D eigenvalue weighted by Gasteiger charge is 2.35. The molecule has 0 aliphatic heterocycles. The number of hydrogen-bond donors (Lipinski definition) is 0. The maximum atomic E-state index is 13.3. The number of methoxy groups -OCH3 is 1. The summed E-state index contributed by atoms with van der Waals surface area (Å²) in [7, 11) is -2.83. The maximum absolute atomic E-state index is 13.3. The summed E-state index contributed by atoms with van der Waals surface area (Å²) in [5.41, 5.74) is -0.814. The van der Waals surface area contributed by atoms with Gasteiger partial charge in [0.05, 0.1) is 12.9 Å². The molecular formula is C18H14F3N3O3S. The van der Waals surface area contributed by atoms with E-state index in [1.165, 1.54) is 37.7 Å². The van der Waals surface area contributed by atoms with Crippen LogP contribution in [0.15, 0.2) is 59.9 Å². The van der Waals surface area contributed by atoms with Gasteiger partial charge < -0.3 is 4.74 Å². The Morgan fingerprint density at radius 1 is 1.04 bits per heavy atom. The third-order valence-electron chi connectivity index (χ3n) is 3.79. The second-order valence-corrected chi connectivity index (χ2v) is 7.66. The third kappa shape index (κ3) is 4.28. The molecule has 0 bridgehead atoms. The Morgan fingerprint density at radius 2 is 1.71 bits per heavy atom. The van der Waals surface area contributed by atoms with Gasteiger partial charge in [-0.25, -0.2) is 18.4 Å². The molecule has 0 N–H and O–H groups in total. The van der Waals surface area contributed by atoms with Gasteiger partial charge in [0.25, 0.3) is 0 Å². The Morgan fingerprint density at radius 3 is 2.36 bits per heavy atom. The van der Waals surface area contributed by atoms with E-state index in [9.17, 15) is 21.6 Å². The lowest BCUT2D eigenvalue weighted by atomic mass is 10.2. The topological polar surface area (TPSA) is 82.0 Å². The van der Waals surface area contributed by atoms with Gasteiger partial charge >= 0.3 is 6.18 Å². The van der Waals surface area contributed by atoms with Gasteiger partial charge in [-0.2, -0.15) is 13.2 Å². The number of nitrogens with zero attached hydrogens (tertiary/aromatic N) is 3. The van der Waals surface area contributed by atoms with E-state index in [2.05, 4.69) is 15.0 Å². The van der Waals surface area contributed by atoms with Gasteiger partial charge in [-0.3, -0.25) is 4.98 Å². The van der Waals surface area contributed by atoms with Gasteiger partial charge in [-0.1, -0.05) is 18.2 Å². The molecule has 0 amide bonds. The highest BCUT2D eigenvalue weighted by molar-refractivity contribution is 7.90. The van der Waals surface area contributed by atoms with E-state index in [0.29, 0.717) is 17.4 Å². The van der Waals surface area contributed by atoms with Gasteiger partial charge in [0.15, 0.2) is 20.7 Å². The van der Waals surface area contributed by atoms with Crippen molar-refractivity contribution in [3.8, 4) is 17.1 Å². The summed E-state index contributed by atoms with van der Waals surface area (Å²) in [6.07, 6.45) is -2.14. The average molecular weight is 409 g/mol. The average Bonchev–Trinajstić information content (AvgIpc) is 2.68. The van der Waals surface area contributed by atoms with E-state index in [-0.39, 0.29) is 11.4 Å². The molecule has 1 aromatic carbocycles. The molecule has 0 spiro atoms. The van der Waals surface area contributed by atoms with Crippen LogP contribution in [0.4, 0.5) is 13.2 Å². The SMILES string of the molecule is COc1ccccc1CS(=O)(=O)c1cc(C(F)(F)F)nc(-c2ccncc2)n1. The monoisotopic (exact) mass is 409 g/mol. The fraction of sp³-hybridized carbons (Fsp3) is 0.167. The van der Waals surface area contributed by atoms with Crippen molar-refractivity contribution in [1.29, 1.82) is 0 Å². The minimum Gasteiger partial charge on any atom is -0.496 e. The molecule has 0 radical (unpaired) electrons. The minimum atomic E-state index is -4.83. The van der Waals surface area contributed by atoms with E-state index < -0.39 is 32.5 Å². The van der Waals surface area contributed by atoms with E-state index in [1.807, 2.05) is 0 Å². The predicted octanol–water partition coefficient (Wildman–Crippen LogP) is 3.54. The molecule has 0 fully saturated rings. The van der Waals surface area contributed by atoms with Crippen LogP contribution in [-0.2, 0) is 21.8 Å². The van der Waals surface area contributed by atoms with Crippen LogP contribution in [0.2, 0.25) is 0 Å². The zero-order chi connectivity index (χ0) is 20.4. The number of sulfone groups is 1. The second kappa shape index (κ2) is 7.55. The zero-order valence-electron chi connectivity index (χ0n) is 14.5. The number of pyridine rings is 1. The molecule has 0 unspecified atom stereocenters. The van der Waals surface area contributed by atoms with Crippen molar-refractivity contribution in [2.24, 2.45) is 0 Å². The van der Waals surface area contributed by atoms with Gasteiger partial charge in [-0.05, 0) is 18.2 Å². The van der Waals surface area contributed by atoms with Crippen LogP contribution in [0, 0.1) is 0 Å². The van der Waals surface area contributed by atoms with Crippen molar-refractivity contribution in [2.75, 3.05) is 7.11 Å². The first-order valence-corrected chi connectivity index (χ1v) is 9.57. The highest BCUT2D eigenvalue weighted by Crippen LogP contribution is 2.31. The van der Waals surface area contributed by atoms with Crippen LogP contribution in [0.25, 0.3) is 11.4 Å². The standard InChI is InChI=1S/C18H14F3N3O3S/c1-27-14-5-3-2-4-13(14)11-28(25,26)16-10-15(18(19,20)21)23-17(24-16)12-6-8-22-9-7-12/h2-10H,11H2,1H3. The van der Waals surface area contributed by atoms with Crippen molar-refractivity contribution >= 4 is 9.84 Å². The third-order valence-corrected chi connectivity index (χ3v) is 5.33. The Kier molecular flexibility index (Phi) is 5.32. The van der Waals surface area contributed by atoms with E-state index in [4.69, 9.17) is 4.74 Å². The first-order chi connectivity index (χ1) is 13.2. The fourth-order valence-electron chi connectivity index (χ4n) is 2.46. The molecule has 28 heavy (non-hydrogen) atoms. The lowest BCUT2D eigenvalue weighted by Gasteiger charge is -2.12. The molecule has 3 aromatic rings.